The fourth-order valence-electron chi connectivity index (χ4n) is 3.34. The van der Waals surface area contributed by atoms with E-state index >= 15 is 0 Å². The Labute approximate surface area is 145 Å². The number of rotatable bonds is 4. The molecule has 0 radical (unpaired) electrons. The van der Waals surface area contributed by atoms with Crippen LogP contribution in [0.1, 0.15) is 6.42 Å². The Hall–Kier alpha value is -1.08. The van der Waals surface area contributed by atoms with Crippen molar-refractivity contribution in [1.82, 2.24) is 4.90 Å². The smallest absolute Gasteiger partial charge is 0.295 e. The second kappa shape index (κ2) is 7.21. The van der Waals surface area contributed by atoms with Gasteiger partial charge in [-0.3, -0.25) is 15.0 Å². The standard InChI is InChI=1S/C15H19Cl2N3O3/c16-12-7-13(17)15(14(8-12)20(21)22)19-2-1-11(10-19)9-18-3-5-23-6-4-18/h7-8,11H,1-6,9-10H2/t11-/m1/s1. The minimum atomic E-state index is -0.414. The number of hydrogen-bond donors (Lipinski definition) is 0. The van der Waals surface area contributed by atoms with Crippen molar-refractivity contribution in [3.05, 3.63) is 32.3 Å². The van der Waals surface area contributed by atoms with Gasteiger partial charge in [0.2, 0.25) is 0 Å². The first-order valence-corrected chi connectivity index (χ1v) is 8.48. The normalized spacial score (nSPS) is 22.5. The fraction of sp³-hybridized carbons (Fsp3) is 0.600. The van der Waals surface area contributed by atoms with Crippen molar-refractivity contribution >= 4 is 34.6 Å². The van der Waals surface area contributed by atoms with E-state index in [0.29, 0.717) is 16.6 Å². The van der Waals surface area contributed by atoms with E-state index in [1.165, 1.54) is 6.07 Å². The molecule has 23 heavy (non-hydrogen) atoms. The molecule has 126 valence electrons. The highest BCUT2D eigenvalue weighted by molar-refractivity contribution is 6.37. The van der Waals surface area contributed by atoms with Gasteiger partial charge in [-0.05, 0) is 18.4 Å². The van der Waals surface area contributed by atoms with Crippen molar-refractivity contribution in [2.45, 2.75) is 6.42 Å². The maximum atomic E-state index is 11.3. The highest BCUT2D eigenvalue weighted by Gasteiger charge is 2.31. The molecule has 1 aromatic carbocycles. The van der Waals surface area contributed by atoms with E-state index in [1.54, 1.807) is 6.07 Å². The zero-order valence-electron chi connectivity index (χ0n) is 12.7. The molecule has 0 aromatic heterocycles. The van der Waals surface area contributed by atoms with Crippen LogP contribution in [0.2, 0.25) is 10.0 Å². The minimum absolute atomic E-state index is 0.0190. The third-order valence-electron chi connectivity index (χ3n) is 4.43. The van der Waals surface area contributed by atoms with Crippen LogP contribution in [0, 0.1) is 16.0 Å². The first-order chi connectivity index (χ1) is 11.0. The molecule has 0 N–H and O–H groups in total. The van der Waals surface area contributed by atoms with E-state index in [1.807, 2.05) is 4.90 Å². The van der Waals surface area contributed by atoms with Crippen molar-refractivity contribution in [3.8, 4) is 0 Å². The summed E-state index contributed by atoms with van der Waals surface area (Å²) in [5.41, 5.74) is 0.472. The van der Waals surface area contributed by atoms with Gasteiger partial charge in [-0.1, -0.05) is 23.2 Å². The number of benzene rings is 1. The zero-order chi connectivity index (χ0) is 16.4. The van der Waals surface area contributed by atoms with Crippen LogP contribution in [0.5, 0.6) is 0 Å². The second-order valence-corrected chi connectivity index (χ2v) is 6.87. The number of ether oxygens (including phenoxy) is 1. The molecular formula is C15H19Cl2N3O3. The highest BCUT2D eigenvalue weighted by Crippen LogP contribution is 2.40. The molecule has 2 saturated heterocycles. The quantitative estimate of drug-likeness (QED) is 0.610. The minimum Gasteiger partial charge on any atom is -0.379 e. The maximum absolute atomic E-state index is 11.3. The molecule has 0 amide bonds. The van der Waals surface area contributed by atoms with Crippen LogP contribution < -0.4 is 4.90 Å². The average molecular weight is 360 g/mol. The van der Waals surface area contributed by atoms with E-state index in [2.05, 4.69) is 4.90 Å². The number of nitrogens with zero attached hydrogens (tertiary/aromatic N) is 3. The molecule has 0 unspecified atom stereocenters. The van der Waals surface area contributed by atoms with Crippen LogP contribution in [0.3, 0.4) is 0 Å². The molecule has 8 heteroatoms. The van der Waals surface area contributed by atoms with Gasteiger partial charge in [0.05, 0.1) is 23.2 Å². The summed E-state index contributed by atoms with van der Waals surface area (Å²) in [5, 5.41) is 12.0. The van der Waals surface area contributed by atoms with Gasteiger partial charge in [-0.15, -0.1) is 0 Å². The highest BCUT2D eigenvalue weighted by atomic mass is 35.5. The molecular weight excluding hydrogens is 341 g/mol. The van der Waals surface area contributed by atoms with Crippen LogP contribution in [0.15, 0.2) is 12.1 Å². The van der Waals surface area contributed by atoms with Crippen molar-refractivity contribution < 1.29 is 9.66 Å². The lowest BCUT2D eigenvalue weighted by atomic mass is 10.1. The lowest BCUT2D eigenvalue weighted by Crippen LogP contribution is -2.39. The molecule has 3 rings (SSSR count). The molecule has 0 bridgehead atoms. The number of anilines is 1. The summed E-state index contributed by atoms with van der Waals surface area (Å²) in [4.78, 5) is 15.3. The first kappa shape index (κ1) is 16.8. The molecule has 1 atom stereocenters. The number of halogens is 2. The molecule has 0 aliphatic carbocycles. The maximum Gasteiger partial charge on any atom is 0.295 e. The first-order valence-electron chi connectivity index (χ1n) is 7.73. The van der Waals surface area contributed by atoms with Crippen molar-refractivity contribution in [1.29, 1.82) is 0 Å². The van der Waals surface area contributed by atoms with Crippen LogP contribution in [-0.4, -0.2) is 55.8 Å². The Morgan fingerprint density at radius 1 is 1.26 bits per heavy atom. The fourth-order valence-corrected chi connectivity index (χ4v) is 3.94. The Morgan fingerprint density at radius 2 is 2.00 bits per heavy atom. The van der Waals surface area contributed by atoms with Gasteiger partial charge in [-0.25, -0.2) is 0 Å². The third kappa shape index (κ3) is 3.88. The van der Waals surface area contributed by atoms with Crippen LogP contribution in [0.25, 0.3) is 0 Å². The van der Waals surface area contributed by atoms with Crippen LogP contribution in [-0.2, 0) is 4.74 Å². The molecule has 2 aliphatic heterocycles. The van der Waals surface area contributed by atoms with Gasteiger partial charge in [0, 0.05) is 43.8 Å². The molecule has 0 spiro atoms. The number of hydrogen-bond acceptors (Lipinski definition) is 5. The second-order valence-electron chi connectivity index (χ2n) is 6.03. The van der Waals surface area contributed by atoms with Gasteiger partial charge in [0.1, 0.15) is 5.69 Å². The molecule has 2 fully saturated rings. The molecule has 2 aliphatic rings. The van der Waals surface area contributed by atoms with Crippen molar-refractivity contribution in [2.24, 2.45) is 5.92 Å². The molecule has 1 aromatic rings. The van der Waals surface area contributed by atoms with Crippen molar-refractivity contribution in [2.75, 3.05) is 50.8 Å². The van der Waals surface area contributed by atoms with E-state index in [4.69, 9.17) is 27.9 Å². The third-order valence-corrected chi connectivity index (χ3v) is 4.93. The summed E-state index contributed by atoms with van der Waals surface area (Å²) >= 11 is 12.1. The molecule has 0 saturated carbocycles. The summed E-state index contributed by atoms with van der Waals surface area (Å²) in [6, 6.07) is 2.94. The summed E-state index contributed by atoms with van der Waals surface area (Å²) < 4.78 is 5.37. The summed E-state index contributed by atoms with van der Waals surface area (Å²) in [6.07, 6.45) is 1.01. The number of morpholine rings is 1. The Balaban J connectivity index is 1.72. The lowest BCUT2D eigenvalue weighted by molar-refractivity contribution is -0.384. The Kier molecular flexibility index (Phi) is 5.26. The topological polar surface area (TPSA) is 58.9 Å². The van der Waals surface area contributed by atoms with E-state index < -0.39 is 4.92 Å². The molecule has 6 nitrogen and oxygen atoms in total. The van der Waals surface area contributed by atoms with Crippen molar-refractivity contribution in [3.63, 3.8) is 0 Å². The predicted octanol–water partition coefficient (Wildman–Crippen LogP) is 3.06. The van der Waals surface area contributed by atoms with Gasteiger partial charge in [0.15, 0.2) is 0 Å². The van der Waals surface area contributed by atoms with Gasteiger partial charge < -0.3 is 9.64 Å². The van der Waals surface area contributed by atoms with Crippen LogP contribution in [0.4, 0.5) is 11.4 Å². The average Bonchev–Trinajstić information content (AvgIpc) is 2.95. The predicted molar refractivity (Wildman–Crippen MR) is 90.7 cm³/mol. The van der Waals surface area contributed by atoms with Gasteiger partial charge in [0.25, 0.3) is 5.69 Å². The van der Waals surface area contributed by atoms with E-state index in [0.717, 1.165) is 52.4 Å². The Morgan fingerprint density at radius 3 is 2.70 bits per heavy atom. The summed E-state index contributed by atoms with van der Waals surface area (Å²) in [6.45, 7) is 6.03. The summed E-state index contributed by atoms with van der Waals surface area (Å²) in [7, 11) is 0. The summed E-state index contributed by atoms with van der Waals surface area (Å²) in [5.74, 6) is 0.486. The zero-order valence-corrected chi connectivity index (χ0v) is 14.2. The van der Waals surface area contributed by atoms with Crippen LogP contribution >= 0.6 is 23.2 Å². The largest absolute Gasteiger partial charge is 0.379 e. The number of nitro benzene ring substituents is 1. The Bertz CT molecular complexity index is 594. The van der Waals surface area contributed by atoms with Gasteiger partial charge in [-0.2, -0.15) is 0 Å². The SMILES string of the molecule is O=[N+]([O-])c1cc(Cl)cc(Cl)c1N1CC[C@H](CN2CCOCC2)C1. The monoisotopic (exact) mass is 359 g/mol. The molecule has 2 heterocycles. The number of nitro groups is 1. The van der Waals surface area contributed by atoms with Gasteiger partial charge >= 0.3 is 0 Å². The van der Waals surface area contributed by atoms with E-state index in [9.17, 15) is 10.1 Å². The lowest BCUT2D eigenvalue weighted by Gasteiger charge is -2.29. The van der Waals surface area contributed by atoms with E-state index in [-0.39, 0.29) is 10.7 Å².